The zero-order chi connectivity index (χ0) is 23.5. The topological polar surface area (TPSA) is 114 Å². The highest BCUT2D eigenvalue weighted by molar-refractivity contribution is 5.88. The lowest BCUT2D eigenvalue weighted by Gasteiger charge is -2.13. The fraction of sp³-hybridized carbons (Fsp3) is 0.160. The van der Waals surface area contributed by atoms with Gasteiger partial charge in [-0.3, -0.25) is 15.1 Å². The summed E-state index contributed by atoms with van der Waals surface area (Å²) >= 11 is 0. The number of ether oxygens (including phenoxy) is 1. The van der Waals surface area contributed by atoms with E-state index in [0.29, 0.717) is 5.69 Å². The minimum atomic E-state index is -0.732. The molecule has 2 aromatic carbocycles. The molecule has 0 aliphatic heterocycles. The molecule has 0 N–H and O–H groups in total. The van der Waals surface area contributed by atoms with E-state index in [1.807, 2.05) is 50.2 Å². The fourth-order valence-corrected chi connectivity index (χ4v) is 3.54. The van der Waals surface area contributed by atoms with Gasteiger partial charge in [-0.05, 0) is 73.2 Å². The SMILES string of the molecule is COc1cc(C=Nc2ccc(C(c3ccc(C)o3)c3ccc(C)o3)cc2)c([O-])c([N+](=O)[O-])c1. The maximum absolute atomic E-state index is 12.4. The fourth-order valence-electron chi connectivity index (χ4n) is 3.54. The second kappa shape index (κ2) is 9.04. The predicted octanol–water partition coefficient (Wildman–Crippen LogP) is 5.41. The van der Waals surface area contributed by atoms with Crippen LogP contribution < -0.4 is 9.84 Å². The van der Waals surface area contributed by atoms with E-state index in [1.54, 1.807) is 12.1 Å². The van der Waals surface area contributed by atoms with E-state index in [4.69, 9.17) is 13.6 Å². The Morgan fingerprint density at radius 2 is 1.58 bits per heavy atom. The van der Waals surface area contributed by atoms with Crippen molar-refractivity contribution in [2.24, 2.45) is 4.99 Å². The number of rotatable bonds is 7. The van der Waals surface area contributed by atoms with E-state index >= 15 is 0 Å². The van der Waals surface area contributed by atoms with Crippen LogP contribution in [-0.2, 0) is 0 Å². The summed E-state index contributed by atoms with van der Waals surface area (Å²) in [6, 6.07) is 17.6. The Balaban J connectivity index is 1.65. The molecule has 0 aliphatic carbocycles. The zero-order valence-corrected chi connectivity index (χ0v) is 18.3. The van der Waals surface area contributed by atoms with Gasteiger partial charge in [-0.15, -0.1) is 0 Å². The molecule has 4 rings (SSSR count). The summed E-state index contributed by atoms with van der Waals surface area (Å²) in [5.41, 5.74) is 1.03. The van der Waals surface area contributed by atoms with E-state index in [9.17, 15) is 15.2 Å². The Bertz CT molecular complexity index is 1280. The summed E-state index contributed by atoms with van der Waals surface area (Å²) < 4.78 is 16.8. The van der Waals surface area contributed by atoms with Gasteiger partial charge in [0.2, 0.25) is 0 Å². The van der Waals surface area contributed by atoms with Crippen molar-refractivity contribution in [3.63, 3.8) is 0 Å². The highest BCUT2D eigenvalue weighted by Gasteiger charge is 2.23. The molecule has 33 heavy (non-hydrogen) atoms. The first-order chi connectivity index (χ1) is 15.9. The molecule has 0 aliphatic rings. The number of hydrogen-bond donors (Lipinski definition) is 0. The average molecular weight is 445 g/mol. The highest BCUT2D eigenvalue weighted by Crippen LogP contribution is 2.35. The number of aliphatic imine (C=N–C) groups is 1. The van der Waals surface area contributed by atoms with Gasteiger partial charge in [0.15, 0.2) is 0 Å². The highest BCUT2D eigenvalue weighted by atomic mass is 16.6. The zero-order valence-electron chi connectivity index (χ0n) is 18.3. The molecular weight excluding hydrogens is 424 g/mol. The lowest BCUT2D eigenvalue weighted by molar-refractivity contribution is -0.398. The molecule has 0 unspecified atom stereocenters. The first kappa shape index (κ1) is 21.9. The van der Waals surface area contributed by atoms with Crippen molar-refractivity contribution in [3.05, 3.63) is 105 Å². The summed E-state index contributed by atoms with van der Waals surface area (Å²) in [5, 5.41) is 23.5. The van der Waals surface area contributed by atoms with Gasteiger partial charge in [0, 0.05) is 6.21 Å². The first-order valence-corrected chi connectivity index (χ1v) is 10.2. The Morgan fingerprint density at radius 3 is 2.06 bits per heavy atom. The van der Waals surface area contributed by atoms with Crippen molar-refractivity contribution in [1.29, 1.82) is 0 Å². The van der Waals surface area contributed by atoms with Crippen molar-refractivity contribution in [2.45, 2.75) is 19.8 Å². The lowest BCUT2D eigenvalue weighted by atomic mass is 9.94. The molecular formula is C25H21N2O6-. The number of nitrogens with zero attached hydrogens (tertiary/aromatic N) is 2. The largest absolute Gasteiger partial charge is 0.867 e. The third-order valence-electron chi connectivity index (χ3n) is 5.17. The smallest absolute Gasteiger partial charge is 0.266 e. The Labute approximate surface area is 189 Å². The maximum Gasteiger partial charge on any atom is 0.266 e. The molecule has 168 valence electrons. The third-order valence-corrected chi connectivity index (χ3v) is 5.17. The van der Waals surface area contributed by atoms with Gasteiger partial charge in [0.25, 0.3) is 5.69 Å². The van der Waals surface area contributed by atoms with E-state index in [1.165, 1.54) is 19.4 Å². The van der Waals surface area contributed by atoms with Crippen LogP contribution in [0.25, 0.3) is 0 Å². The molecule has 0 saturated heterocycles. The van der Waals surface area contributed by atoms with Crippen LogP contribution in [0.15, 0.2) is 74.5 Å². The van der Waals surface area contributed by atoms with Crippen LogP contribution >= 0.6 is 0 Å². The quantitative estimate of drug-likeness (QED) is 0.213. The van der Waals surface area contributed by atoms with Crippen LogP contribution in [0, 0.1) is 24.0 Å². The van der Waals surface area contributed by atoms with Crippen molar-refractivity contribution >= 4 is 17.6 Å². The minimum Gasteiger partial charge on any atom is -0.867 e. The number of nitro groups is 1. The standard InChI is InChI=1S/C25H22N2O6/c1-15-4-10-22(32-15)24(23-11-5-16(2)33-23)17-6-8-19(9-7-17)26-14-18-12-20(31-3)13-21(25(18)28)27(29)30/h4-14,24,28H,1-3H3/p-1. The second-order valence-corrected chi connectivity index (χ2v) is 7.50. The molecule has 8 nitrogen and oxygen atoms in total. The Morgan fingerprint density at radius 1 is 0.970 bits per heavy atom. The van der Waals surface area contributed by atoms with Crippen molar-refractivity contribution < 1.29 is 23.6 Å². The van der Waals surface area contributed by atoms with Crippen LogP contribution in [0.3, 0.4) is 0 Å². The molecule has 2 aromatic heterocycles. The van der Waals surface area contributed by atoms with Crippen LogP contribution in [0.4, 0.5) is 11.4 Å². The van der Waals surface area contributed by atoms with Crippen molar-refractivity contribution in [2.75, 3.05) is 7.11 Å². The van der Waals surface area contributed by atoms with E-state index in [2.05, 4.69) is 4.99 Å². The first-order valence-electron chi connectivity index (χ1n) is 10.2. The minimum absolute atomic E-state index is 0.0696. The van der Waals surface area contributed by atoms with Crippen LogP contribution in [-0.4, -0.2) is 18.2 Å². The summed E-state index contributed by atoms with van der Waals surface area (Å²) in [5.74, 6) is 2.40. The van der Waals surface area contributed by atoms with Crippen molar-refractivity contribution in [3.8, 4) is 11.5 Å². The molecule has 0 amide bonds. The molecule has 8 heteroatoms. The Kier molecular flexibility index (Phi) is 5.99. The van der Waals surface area contributed by atoms with Gasteiger partial charge < -0.3 is 18.7 Å². The number of aryl methyl sites for hydroxylation is 2. The summed E-state index contributed by atoms with van der Waals surface area (Å²) in [6.07, 6.45) is 1.30. The predicted molar refractivity (Wildman–Crippen MR) is 121 cm³/mol. The number of nitro benzene ring substituents is 1. The van der Waals surface area contributed by atoms with Gasteiger partial charge in [0.1, 0.15) is 34.7 Å². The number of methoxy groups -OCH3 is 1. The van der Waals surface area contributed by atoms with E-state index in [-0.39, 0.29) is 17.2 Å². The molecule has 4 aromatic rings. The number of benzene rings is 2. The molecule has 0 bridgehead atoms. The van der Waals surface area contributed by atoms with Gasteiger partial charge in [-0.1, -0.05) is 12.1 Å². The average Bonchev–Trinajstić information content (AvgIpc) is 3.42. The number of furan rings is 2. The molecule has 0 spiro atoms. The second-order valence-electron chi connectivity index (χ2n) is 7.50. The van der Waals surface area contributed by atoms with E-state index in [0.717, 1.165) is 34.7 Å². The molecule has 0 atom stereocenters. The number of hydrogen-bond acceptors (Lipinski definition) is 7. The van der Waals surface area contributed by atoms with Crippen LogP contribution in [0.5, 0.6) is 11.5 Å². The molecule has 0 radical (unpaired) electrons. The van der Waals surface area contributed by atoms with Gasteiger partial charge >= 0.3 is 0 Å². The molecule has 0 fully saturated rings. The van der Waals surface area contributed by atoms with Crippen molar-refractivity contribution in [1.82, 2.24) is 0 Å². The van der Waals surface area contributed by atoms with E-state index < -0.39 is 16.4 Å². The summed E-state index contributed by atoms with van der Waals surface area (Å²) in [4.78, 5) is 14.7. The summed E-state index contributed by atoms with van der Waals surface area (Å²) in [7, 11) is 1.38. The molecule has 0 saturated carbocycles. The van der Waals surface area contributed by atoms with Gasteiger partial charge in [0.05, 0.1) is 23.8 Å². The van der Waals surface area contributed by atoms with Gasteiger partial charge in [-0.25, -0.2) is 0 Å². The van der Waals surface area contributed by atoms with Crippen LogP contribution in [0.1, 0.15) is 40.1 Å². The monoisotopic (exact) mass is 445 g/mol. The molecule has 2 heterocycles. The van der Waals surface area contributed by atoms with Gasteiger partial charge in [-0.2, -0.15) is 0 Å². The third kappa shape index (κ3) is 4.64. The van der Waals surface area contributed by atoms with Crippen LogP contribution in [0.2, 0.25) is 0 Å². The lowest BCUT2D eigenvalue weighted by Crippen LogP contribution is -2.03. The Hall–Kier alpha value is -4.33. The summed E-state index contributed by atoms with van der Waals surface area (Å²) in [6.45, 7) is 3.78. The normalized spacial score (nSPS) is 11.4. The maximum atomic E-state index is 12.4.